The molecule has 0 aliphatic rings. The molecule has 1 unspecified atom stereocenters. The van der Waals surface area contributed by atoms with Gasteiger partial charge in [0, 0.05) is 12.8 Å². The summed E-state index contributed by atoms with van der Waals surface area (Å²) in [7, 11) is 1.49. The number of unbranched alkanes of at least 4 members (excludes halogenated alkanes) is 29. The number of esters is 2. The summed E-state index contributed by atoms with van der Waals surface area (Å²) >= 11 is 0. The lowest BCUT2D eigenvalue weighted by atomic mass is 10.0. The maximum absolute atomic E-state index is 12.7. The number of carbonyl (C=O) groups excluding carboxylic acids is 2. The zero-order valence-electron chi connectivity index (χ0n) is 36.9. The number of ether oxygens (including phenoxy) is 2. The van der Waals surface area contributed by atoms with E-state index in [0.29, 0.717) is 17.4 Å². The monoisotopic (exact) mass is 805 g/mol. The van der Waals surface area contributed by atoms with Crippen molar-refractivity contribution in [2.45, 2.75) is 232 Å². The Hall–Kier alpha value is -0.990. The Kier molecular flexibility index (Phi) is 37.8. The third-order valence-corrected chi connectivity index (χ3v) is 11.4. The van der Waals surface area contributed by atoms with Crippen molar-refractivity contribution in [2.75, 3.05) is 47.5 Å². The van der Waals surface area contributed by atoms with Crippen molar-refractivity contribution in [3.63, 3.8) is 0 Å². The number of quaternary nitrogens is 1. The van der Waals surface area contributed by atoms with E-state index in [9.17, 15) is 19.0 Å². The minimum atomic E-state index is -4.36. The lowest BCUT2D eigenvalue weighted by Crippen LogP contribution is -2.37. The molecule has 0 aliphatic carbocycles. The normalized spacial score (nSPS) is 13.5. The molecule has 0 saturated carbocycles. The Morgan fingerprint density at radius 2 is 0.818 bits per heavy atom. The van der Waals surface area contributed by atoms with Crippen LogP contribution < -0.4 is 0 Å². The number of nitrogens with zero attached hydrogens (tertiary/aromatic N) is 1. The van der Waals surface area contributed by atoms with Crippen LogP contribution in [-0.2, 0) is 32.7 Å². The highest BCUT2D eigenvalue weighted by atomic mass is 31.2. The largest absolute Gasteiger partial charge is 0.472 e. The highest BCUT2D eigenvalue weighted by molar-refractivity contribution is 7.47. The summed E-state index contributed by atoms with van der Waals surface area (Å²) in [5.41, 5.74) is 0. The number of hydrogen-bond donors (Lipinski definition) is 1. The van der Waals surface area contributed by atoms with E-state index in [-0.39, 0.29) is 25.6 Å². The zero-order chi connectivity index (χ0) is 40.7. The average Bonchev–Trinajstić information content (AvgIpc) is 3.13. The minimum absolute atomic E-state index is 0.0368. The Morgan fingerprint density at radius 1 is 0.491 bits per heavy atom. The molecule has 0 fully saturated rings. The predicted octanol–water partition coefficient (Wildman–Crippen LogP) is 13.2. The molecule has 0 spiro atoms. The first-order valence-electron chi connectivity index (χ1n) is 23.3. The first kappa shape index (κ1) is 54.0. The van der Waals surface area contributed by atoms with Gasteiger partial charge in [0.1, 0.15) is 19.8 Å². The minimum Gasteiger partial charge on any atom is -0.462 e. The summed E-state index contributed by atoms with van der Waals surface area (Å²) in [4.78, 5) is 35.3. The first-order valence-corrected chi connectivity index (χ1v) is 24.8. The van der Waals surface area contributed by atoms with Crippen LogP contribution in [0.3, 0.4) is 0 Å². The van der Waals surface area contributed by atoms with Crippen LogP contribution in [0.15, 0.2) is 0 Å². The van der Waals surface area contributed by atoms with Crippen molar-refractivity contribution in [3.05, 3.63) is 0 Å². The van der Waals surface area contributed by atoms with Crippen molar-refractivity contribution in [3.8, 4) is 0 Å². The fourth-order valence-electron chi connectivity index (χ4n) is 6.72. The molecule has 9 nitrogen and oxygen atoms in total. The van der Waals surface area contributed by atoms with Gasteiger partial charge in [0.2, 0.25) is 0 Å². The molecule has 0 heterocycles. The van der Waals surface area contributed by atoms with E-state index in [1.165, 1.54) is 161 Å². The highest BCUT2D eigenvalue weighted by Crippen LogP contribution is 2.43. The van der Waals surface area contributed by atoms with E-state index in [1.54, 1.807) is 0 Å². The summed E-state index contributed by atoms with van der Waals surface area (Å²) in [6.07, 6.45) is 38.6. The van der Waals surface area contributed by atoms with E-state index in [1.807, 2.05) is 21.1 Å². The SMILES string of the molecule is CCCCCCCCCCCCCCCCCCCCCCC(=O)O[C@H](COC(=O)CCCCCCCCCCCCC)COP(=O)(O)OCC[N+](C)(C)C. The van der Waals surface area contributed by atoms with E-state index in [0.717, 1.165) is 38.5 Å². The molecular weight excluding hydrogens is 713 g/mol. The maximum Gasteiger partial charge on any atom is 0.472 e. The lowest BCUT2D eigenvalue weighted by Gasteiger charge is -2.24. The zero-order valence-corrected chi connectivity index (χ0v) is 37.8. The first-order chi connectivity index (χ1) is 26.5. The van der Waals surface area contributed by atoms with Gasteiger partial charge in [-0.25, -0.2) is 4.57 Å². The molecule has 2 atom stereocenters. The molecule has 0 aromatic carbocycles. The van der Waals surface area contributed by atoms with Crippen LogP contribution in [0.5, 0.6) is 0 Å². The Labute approximate surface area is 340 Å². The number of rotatable bonds is 43. The molecule has 0 amide bonds. The van der Waals surface area contributed by atoms with Crippen molar-refractivity contribution >= 4 is 19.8 Å². The van der Waals surface area contributed by atoms with Crippen LogP contribution in [0.1, 0.15) is 226 Å². The van der Waals surface area contributed by atoms with Gasteiger partial charge in [-0.2, -0.15) is 0 Å². The fourth-order valence-corrected chi connectivity index (χ4v) is 7.46. The van der Waals surface area contributed by atoms with Gasteiger partial charge in [-0.15, -0.1) is 0 Å². The summed E-state index contributed by atoms with van der Waals surface area (Å²) in [6.45, 7) is 4.46. The summed E-state index contributed by atoms with van der Waals surface area (Å²) in [5.74, 6) is -0.784. The van der Waals surface area contributed by atoms with E-state index >= 15 is 0 Å². The molecule has 10 heteroatoms. The summed E-state index contributed by atoms with van der Waals surface area (Å²) in [6, 6.07) is 0. The van der Waals surface area contributed by atoms with Crippen LogP contribution in [0, 0.1) is 0 Å². The molecular formula is C45H91NO8P+. The molecule has 0 rings (SSSR count). The molecule has 0 radical (unpaired) electrons. The van der Waals surface area contributed by atoms with E-state index in [4.69, 9.17) is 18.5 Å². The molecule has 0 saturated heterocycles. The number of likely N-dealkylation sites (N-methyl/N-ethyl adjacent to an activating group) is 1. The third-order valence-electron chi connectivity index (χ3n) is 10.4. The van der Waals surface area contributed by atoms with E-state index < -0.39 is 26.5 Å². The summed E-state index contributed by atoms with van der Waals surface area (Å²) in [5, 5.41) is 0. The molecule has 0 aromatic rings. The maximum atomic E-state index is 12.7. The molecule has 0 bridgehead atoms. The number of hydrogen-bond acceptors (Lipinski definition) is 7. The van der Waals surface area contributed by atoms with Crippen LogP contribution in [-0.4, -0.2) is 74.9 Å². The van der Waals surface area contributed by atoms with Gasteiger partial charge >= 0.3 is 19.8 Å². The molecule has 1 N–H and O–H groups in total. The van der Waals surface area contributed by atoms with Gasteiger partial charge in [-0.3, -0.25) is 18.6 Å². The van der Waals surface area contributed by atoms with E-state index in [2.05, 4.69) is 13.8 Å². The second-order valence-electron chi connectivity index (χ2n) is 17.2. The highest BCUT2D eigenvalue weighted by Gasteiger charge is 2.27. The fraction of sp³-hybridized carbons (Fsp3) is 0.956. The lowest BCUT2D eigenvalue weighted by molar-refractivity contribution is -0.870. The third kappa shape index (κ3) is 42.4. The predicted molar refractivity (Wildman–Crippen MR) is 229 cm³/mol. The topological polar surface area (TPSA) is 108 Å². The van der Waals surface area contributed by atoms with Crippen LogP contribution >= 0.6 is 7.82 Å². The second kappa shape index (κ2) is 38.5. The van der Waals surface area contributed by atoms with Crippen LogP contribution in [0.4, 0.5) is 0 Å². The summed E-state index contributed by atoms with van der Waals surface area (Å²) < 4.78 is 34.3. The van der Waals surface area contributed by atoms with Gasteiger partial charge in [-0.05, 0) is 12.8 Å². The van der Waals surface area contributed by atoms with Gasteiger partial charge in [-0.1, -0.05) is 200 Å². The molecule has 55 heavy (non-hydrogen) atoms. The van der Waals surface area contributed by atoms with Crippen LogP contribution in [0.2, 0.25) is 0 Å². The van der Waals surface area contributed by atoms with Crippen molar-refractivity contribution in [2.24, 2.45) is 0 Å². The van der Waals surface area contributed by atoms with Gasteiger partial charge in [0.05, 0.1) is 27.7 Å². The molecule has 0 aliphatic heterocycles. The Balaban J connectivity index is 4.22. The van der Waals surface area contributed by atoms with Crippen molar-refractivity contribution < 1.29 is 42.1 Å². The van der Waals surface area contributed by atoms with Gasteiger partial charge < -0.3 is 18.9 Å². The quantitative estimate of drug-likeness (QED) is 0.0281. The average molecular weight is 805 g/mol. The number of phosphoric acid groups is 1. The second-order valence-corrected chi connectivity index (χ2v) is 18.6. The van der Waals surface area contributed by atoms with Crippen molar-refractivity contribution in [1.82, 2.24) is 0 Å². The Morgan fingerprint density at radius 3 is 1.16 bits per heavy atom. The smallest absolute Gasteiger partial charge is 0.462 e. The van der Waals surface area contributed by atoms with Crippen LogP contribution in [0.25, 0.3) is 0 Å². The number of carbonyl (C=O) groups is 2. The Bertz CT molecular complexity index is 912. The number of phosphoric ester groups is 1. The van der Waals surface area contributed by atoms with Crippen molar-refractivity contribution in [1.29, 1.82) is 0 Å². The standard InChI is InChI=1S/C45H90NO8P/c1-6-8-10-12-14-16-18-19-20-21-22-23-24-25-26-28-30-32-34-36-38-45(48)54-43(42-53-55(49,50)52-40-39-46(3,4)5)41-51-44(47)37-35-33-31-29-27-17-15-13-11-9-7-2/h43H,6-42H2,1-5H3/p+1/t43-/m1/s1. The van der Waals surface area contributed by atoms with Gasteiger partial charge in [0.15, 0.2) is 6.10 Å². The molecule has 328 valence electrons. The molecule has 0 aromatic heterocycles. The van der Waals surface area contributed by atoms with Gasteiger partial charge in [0.25, 0.3) is 0 Å².